The van der Waals surface area contributed by atoms with Gasteiger partial charge in [0, 0.05) is 6.07 Å². The summed E-state index contributed by atoms with van der Waals surface area (Å²) in [5.41, 5.74) is -0.377. The van der Waals surface area contributed by atoms with Gasteiger partial charge in [-0.2, -0.15) is 0 Å². The quantitative estimate of drug-likeness (QED) is 0.112. The van der Waals surface area contributed by atoms with Crippen LogP contribution in [0.15, 0.2) is 30.3 Å². The highest BCUT2D eigenvalue weighted by atomic mass is 16.7. The van der Waals surface area contributed by atoms with Gasteiger partial charge in [0.15, 0.2) is 28.8 Å². The smallest absolute Gasteiger partial charge is 0.229 e. The Hall–Kier alpha value is -3.55. The third-order valence-corrected chi connectivity index (χ3v) is 4.98. The summed E-state index contributed by atoms with van der Waals surface area (Å²) in [5.74, 6) is -5.23. The second kappa shape index (κ2) is 9.52. The predicted molar refractivity (Wildman–Crippen MR) is 109 cm³/mol. The molecule has 0 aliphatic carbocycles. The fraction of sp³-hybridized carbons (Fsp3) is 0.286. The highest BCUT2D eigenvalue weighted by Crippen LogP contribution is 2.44. The van der Waals surface area contributed by atoms with Crippen molar-refractivity contribution in [1.29, 1.82) is 0 Å². The summed E-state index contributed by atoms with van der Waals surface area (Å²) in [6.45, 7) is -0.730. The number of phenols is 5. The van der Waals surface area contributed by atoms with Crippen molar-refractivity contribution in [2.75, 3.05) is 6.61 Å². The minimum atomic E-state index is -1.82. The standard InChI is InChI=1S/C21H22O12/c22-7-14-17(28)19(30)20(31)21(33-14)32-13-6-12(26)15(18(29)16(13)27)10(24)4-2-8-1-3-9(23)11(25)5-8/h1-6,14,17,19-23,25-31H,7H2/t14-,17-,19-,20-,21+/m1/s1. The number of hydrogen-bond donors (Lipinski definition) is 9. The number of allylic oxidation sites excluding steroid dienone is 1. The second-order valence-electron chi connectivity index (χ2n) is 7.23. The summed E-state index contributed by atoms with van der Waals surface area (Å²) in [7, 11) is 0. The van der Waals surface area contributed by atoms with E-state index in [4.69, 9.17) is 9.47 Å². The molecule has 0 radical (unpaired) electrons. The first-order chi connectivity index (χ1) is 15.5. The molecule has 0 unspecified atom stereocenters. The molecule has 2 aromatic carbocycles. The molecule has 12 heteroatoms. The Morgan fingerprint density at radius 1 is 0.909 bits per heavy atom. The summed E-state index contributed by atoms with van der Waals surface area (Å²) in [6, 6.07) is 4.48. The molecule has 2 aromatic rings. The van der Waals surface area contributed by atoms with Crippen LogP contribution in [0.2, 0.25) is 0 Å². The zero-order valence-electron chi connectivity index (χ0n) is 16.8. The molecule has 1 fully saturated rings. The highest BCUT2D eigenvalue weighted by Gasteiger charge is 2.45. The molecular formula is C21H22O12. The molecule has 1 heterocycles. The van der Waals surface area contributed by atoms with Crippen molar-refractivity contribution in [1.82, 2.24) is 0 Å². The number of carbonyl (C=O) groups excluding carboxylic acids is 1. The number of aliphatic hydroxyl groups excluding tert-OH is 4. The van der Waals surface area contributed by atoms with Crippen molar-refractivity contribution in [3.63, 3.8) is 0 Å². The van der Waals surface area contributed by atoms with Gasteiger partial charge >= 0.3 is 0 Å². The first kappa shape index (κ1) is 24.1. The summed E-state index contributed by atoms with van der Waals surface area (Å²) in [5, 5.41) is 88.3. The van der Waals surface area contributed by atoms with E-state index in [0.29, 0.717) is 5.56 Å². The molecule has 0 spiro atoms. The maximum atomic E-state index is 12.5. The number of phenolic OH excluding ortho intramolecular Hbond substituents is 5. The normalized spacial score (nSPS) is 25.3. The van der Waals surface area contributed by atoms with Crippen molar-refractivity contribution in [3.8, 4) is 34.5 Å². The van der Waals surface area contributed by atoms with E-state index in [-0.39, 0.29) is 5.75 Å². The SMILES string of the molecule is O=C(C=Cc1ccc(O)c(O)c1)c1c(O)cc(O[C@H]2O[C@H](CO)[C@@H](O)[C@@H](O)[C@H]2O)c(O)c1O. The van der Waals surface area contributed by atoms with E-state index in [0.717, 1.165) is 18.2 Å². The van der Waals surface area contributed by atoms with Gasteiger partial charge in [-0.3, -0.25) is 4.79 Å². The number of ether oxygens (including phenoxy) is 2. The van der Waals surface area contributed by atoms with Gasteiger partial charge in [-0.25, -0.2) is 0 Å². The average Bonchev–Trinajstić information content (AvgIpc) is 2.78. The Kier molecular flexibility index (Phi) is 6.95. The van der Waals surface area contributed by atoms with Crippen LogP contribution in [0.25, 0.3) is 6.08 Å². The molecule has 5 atom stereocenters. The van der Waals surface area contributed by atoms with E-state index in [2.05, 4.69) is 0 Å². The number of rotatable bonds is 6. The predicted octanol–water partition coefficient (Wildman–Crippen LogP) is -0.711. The Balaban J connectivity index is 1.84. The van der Waals surface area contributed by atoms with Crippen molar-refractivity contribution >= 4 is 11.9 Å². The van der Waals surface area contributed by atoms with Crippen molar-refractivity contribution in [2.24, 2.45) is 0 Å². The molecular weight excluding hydrogens is 444 g/mol. The summed E-state index contributed by atoms with van der Waals surface area (Å²) < 4.78 is 10.3. The van der Waals surface area contributed by atoms with Crippen LogP contribution < -0.4 is 4.74 Å². The van der Waals surface area contributed by atoms with Crippen LogP contribution in [0.1, 0.15) is 15.9 Å². The number of ketones is 1. The Morgan fingerprint density at radius 2 is 1.61 bits per heavy atom. The fourth-order valence-corrected chi connectivity index (χ4v) is 3.14. The van der Waals surface area contributed by atoms with Gasteiger partial charge in [0.25, 0.3) is 0 Å². The van der Waals surface area contributed by atoms with E-state index in [1.165, 1.54) is 18.2 Å². The summed E-state index contributed by atoms with van der Waals surface area (Å²) in [6.07, 6.45) is -6.11. The molecule has 0 amide bonds. The zero-order valence-corrected chi connectivity index (χ0v) is 16.8. The molecule has 1 saturated heterocycles. The third kappa shape index (κ3) is 4.79. The first-order valence-corrected chi connectivity index (χ1v) is 9.54. The second-order valence-corrected chi connectivity index (χ2v) is 7.23. The van der Waals surface area contributed by atoms with Crippen LogP contribution in [-0.4, -0.2) is 89.1 Å². The van der Waals surface area contributed by atoms with Crippen LogP contribution in [0.3, 0.4) is 0 Å². The number of carbonyl (C=O) groups is 1. The van der Waals surface area contributed by atoms with E-state index < -0.39 is 77.4 Å². The van der Waals surface area contributed by atoms with E-state index in [9.17, 15) is 50.8 Å². The Bertz CT molecular complexity index is 1060. The molecule has 3 rings (SSSR count). The monoisotopic (exact) mass is 466 g/mol. The molecule has 1 aliphatic rings. The van der Waals surface area contributed by atoms with Gasteiger partial charge < -0.3 is 55.4 Å². The van der Waals surface area contributed by atoms with Crippen LogP contribution in [0.4, 0.5) is 0 Å². The average molecular weight is 466 g/mol. The van der Waals surface area contributed by atoms with E-state index in [1.54, 1.807) is 0 Å². The van der Waals surface area contributed by atoms with Crippen LogP contribution in [-0.2, 0) is 4.74 Å². The zero-order chi connectivity index (χ0) is 24.4. The van der Waals surface area contributed by atoms with E-state index in [1.807, 2.05) is 0 Å². The molecule has 1 aliphatic heterocycles. The Labute approximate surface area is 186 Å². The molecule has 0 saturated carbocycles. The first-order valence-electron chi connectivity index (χ1n) is 9.54. The molecule has 0 bridgehead atoms. The lowest BCUT2D eigenvalue weighted by atomic mass is 9.99. The maximum Gasteiger partial charge on any atom is 0.229 e. The van der Waals surface area contributed by atoms with Crippen LogP contribution in [0.5, 0.6) is 34.5 Å². The number of hydrogen-bond acceptors (Lipinski definition) is 12. The van der Waals surface area contributed by atoms with Crippen molar-refractivity contribution < 1.29 is 60.2 Å². The Morgan fingerprint density at radius 3 is 2.24 bits per heavy atom. The topological polar surface area (TPSA) is 218 Å². The molecule has 0 aromatic heterocycles. The lowest BCUT2D eigenvalue weighted by Gasteiger charge is -2.39. The lowest BCUT2D eigenvalue weighted by molar-refractivity contribution is -0.277. The van der Waals surface area contributed by atoms with Crippen molar-refractivity contribution in [2.45, 2.75) is 30.7 Å². The van der Waals surface area contributed by atoms with Gasteiger partial charge in [-0.15, -0.1) is 0 Å². The lowest BCUT2D eigenvalue weighted by Crippen LogP contribution is -2.60. The minimum absolute atomic E-state index is 0.310. The van der Waals surface area contributed by atoms with Crippen molar-refractivity contribution in [3.05, 3.63) is 41.5 Å². The number of aromatic hydroxyl groups is 5. The molecule has 12 nitrogen and oxygen atoms in total. The van der Waals surface area contributed by atoms with Crippen LogP contribution >= 0.6 is 0 Å². The molecule has 178 valence electrons. The van der Waals surface area contributed by atoms with Gasteiger partial charge in [-0.1, -0.05) is 12.1 Å². The number of benzene rings is 2. The number of aliphatic hydroxyl groups is 4. The van der Waals surface area contributed by atoms with Gasteiger partial charge in [-0.05, 0) is 23.8 Å². The molecule has 9 N–H and O–H groups in total. The van der Waals surface area contributed by atoms with Gasteiger partial charge in [0.1, 0.15) is 35.7 Å². The minimum Gasteiger partial charge on any atom is -0.507 e. The fourth-order valence-electron chi connectivity index (χ4n) is 3.14. The van der Waals surface area contributed by atoms with E-state index >= 15 is 0 Å². The highest BCUT2D eigenvalue weighted by molar-refractivity contribution is 6.11. The maximum absolute atomic E-state index is 12.5. The summed E-state index contributed by atoms with van der Waals surface area (Å²) in [4.78, 5) is 12.5. The van der Waals surface area contributed by atoms with Gasteiger partial charge in [0.05, 0.1) is 6.61 Å². The largest absolute Gasteiger partial charge is 0.507 e. The van der Waals surface area contributed by atoms with Crippen LogP contribution in [0, 0.1) is 0 Å². The third-order valence-electron chi connectivity index (χ3n) is 4.98. The molecule has 33 heavy (non-hydrogen) atoms. The van der Waals surface area contributed by atoms with Gasteiger partial charge in [0.2, 0.25) is 12.0 Å². The summed E-state index contributed by atoms with van der Waals surface area (Å²) >= 11 is 0.